The SMILES string of the molecule is Cc1csc2[nH]c3ccccc3[n+]12.[O-][Cl+](O)(O)O. The first-order valence-corrected chi connectivity index (χ1v) is 7.09. The molecule has 0 unspecified atom stereocenters. The van der Waals surface area contributed by atoms with E-state index in [1.165, 1.54) is 21.7 Å². The van der Waals surface area contributed by atoms with Gasteiger partial charge in [-0.1, -0.05) is 23.5 Å². The molecule has 4 N–H and O–H groups in total. The van der Waals surface area contributed by atoms with Crippen molar-refractivity contribution >= 4 is 27.3 Å². The number of imidazole rings is 1. The molecule has 0 aliphatic rings. The van der Waals surface area contributed by atoms with Gasteiger partial charge in [0.1, 0.15) is 5.69 Å². The molecule has 0 saturated carbocycles. The topological polar surface area (TPSA) is 104 Å². The van der Waals surface area contributed by atoms with Crippen LogP contribution < -0.4 is 9.06 Å². The summed E-state index contributed by atoms with van der Waals surface area (Å²) in [7, 11) is -4.19. The van der Waals surface area contributed by atoms with Crippen LogP contribution in [-0.4, -0.2) is 19.0 Å². The third-order valence-corrected chi connectivity index (χ3v) is 3.25. The van der Waals surface area contributed by atoms with Crippen LogP contribution in [0.15, 0.2) is 29.6 Å². The molecule has 1 aromatic carbocycles. The normalized spacial score (nSPS) is 12.5. The molecule has 0 radical (unpaired) electrons. The molecule has 0 aliphatic carbocycles. The van der Waals surface area contributed by atoms with Crippen molar-refractivity contribution in [2.24, 2.45) is 0 Å². The van der Waals surface area contributed by atoms with Gasteiger partial charge in [0.2, 0.25) is 0 Å². The first-order valence-electron chi connectivity index (χ1n) is 4.89. The summed E-state index contributed by atoms with van der Waals surface area (Å²) in [4.78, 5) is 4.59. The van der Waals surface area contributed by atoms with Crippen LogP contribution in [0.2, 0.25) is 0 Å². The molecule has 0 amide bonds. The number of hydrogen-bond acceptors (Lipinski definition) is 5. The summed E-state index contributed by atoms with van der Waals surface area (Å²) in [5.41, 5.74) is 3.76. The van der Waals surface area contributed by atoms with Crippen molar-refractivity contribution in [1.29, 1.82) is 0 Å². The van der Waals surface area contributed by atoms with E-state index in [9.17, 15) is 0 Å². The second kappa shape index (κ2) is 4.81. The molecule has 2 aromatic heterocycles. The van der Waals surface area contributed by atoms with E-state index in [0.717, 1.165) is 0 Å². The standard InChI is InChI=1S/C10H8N2S.ClH3O4/c1-7-6-13-10-11-8-4-2-3-5-9(8)12(7)10;2-1(3,4)5/h2-6H,1H3;2-4H/p+1. The Morgan fingerprint density at radius 2 is 1.89 bits per heavy atom. The summed E-state index contributed by atoms with van der Waals surface area (Å²) in [5, 5.41) is 2.16. The summed E-state index contributed by atoms with van der Waals surface area (Å²) in [6, 6.07) is 8.37. The Labute approximate surface area is 108 Å². The van der Waals surface area contributed by atoms with E-state index in [-0.39, 0.29) is 0 Å². The number of hydrogen-bond donors (Lipinski definition) is 4. The molecule has 3 rings (SSSR count). The number of aryl methyl sites for hydroxylation is 1. The van der Waals surface area contributed by atoms with Gasteiger partial charge < -0.3 is 0 Å². The molecule has 8 heteroatoms. The van der Waals surface area contributed by atoms with Crippen molar-refractivity contribution in [2.45, 2.75) is 6.92 Å². The molecule has 3 aromatic rings. The van der Waals surface area contributed by atoms with E-state index in [1.54, 1.807) is 11.3 Å². The van der Waals surface area contributed by atoms with Crippen molar-refractivity contribution in [3.8, 4) is 0 Å². The van der Waals surface area contributed by atoms with Crippen LogP contribution in [0.3, 0.4) is 0 Å². The number of nitrogens with zero attached hydrogens (tertiary/aromatic N) is 1. The van der Waals surface area contributed by atoms with E-state index in [2.05, 4.69) is 46.0 Å². The van der Waals surface area contributed by atoms with Gasteiger partial charge in [-0.15, -0.1) is 0 Å². The predicted octanol–water partition coefficient (Wildman–Crippen LogP) is -0.583. The number of fused-ring (bicyclic) bond motifs is 3. The van der Waals surface area contributed by atoms with Crippen molar-refractivity contribution in [1.82, 2.24) is 4.98 Å². The Kier molecular flexibility index (Phi) is 3.53. The van der Waals surface area contributed by atoms with Gasteiger partial charge in [-0.2, -0.15) is 4.40 Å². The van der Waals surface area contributed by atoms with Crippen LogP contribution in [0.1, 0.15) is 5.69 Å². The third-order valence-electron chi connectivity index (χ3n) is 2.28. The average Bonchev–Trinajstić information content (AvgIpc) is 2.76. The number of rotatable bonds is 0. The molecule has 0 fully saturated rings. The summed E-state index contributed by atoms with van der Waals surface area (Å²) >= 11 is 1.75. The Morgan fingerprint density at radius 1 is 1.28 bits per heavy atom. The van der Waals surface area contributed by atoms with E-state index in [0.29, 0.717) is 0 Å². The summed E-state index contributed by atoms with van der Waals surface area (Å²) in [5.74, 6) is 0. The van der Waals surface area contributed by atoms with E-state index >= 15 is 0 Å². The number of H-pyrrole nitrogens is 1. The zero-order valence-corrected chi connectivity index (χ0v) is 10.9. The maximum atomic E-state index is 8.83. The van der Waals surface area contributed by atoms with Crippen LogP contribution in [0, 0.1) is 17.2 Å². The number of para-hydroxylation sites is 2. The van der Waals surface area contributed by atoms with Crippen LogP contribution in [-0.2, 0) is 0 Å². The third kappa shape index (κ3) is 2.96. The molecular weight excluding hydrogens is 280 g/mol. The molecule has 98 valence electrons. The van der Waals surface area contributed by atoms with Gasteiger partial charge in [-0.25, -0.2) is 4.98 Å². The van der Waals surface area contributed by atoms with Crippen molar-refractivity contribution in [3.63, 3.8) is 0 Å². The van der Waals surface area contributed by atoms with E-state index in [4.69, 9.17) is 18.6 Å². The first-order chi connectivity index (χ1) is 8.36. The monoisotopic (exact) mass is 291 g/mol. The van der Waals surface area contributed by atoms with Gasteiger partial charge in [0.15, 0.2) is 11.0 Å². The quantitative estimate of drug-likeness (QED) is 0.416. The summed E-state index contributed by atoms with van der Waals surface area (Å²) in [6.45, 7) is 2.13. The van der Waals surface area contributed by atoms with Gasteiger partial charge in [-0.05, 0) is 19.1 Å². The fourth-order valence-electron chi connectivity index (χ4n) is 1.68. The number of nitrogens with one attached hydrogen (secondary N) is 1. The zero-order valence-electron chi connectivity index (χ0n) is 9.37. The van der Waals surface area contributed by atoms with Crippen LogP contribution in [0.4, 0.5) is 0 Å². The van der Waals surface area contributed by atoms with Gasteiger partial charge in [0, 0.05) is 5.38 Å². The number of halogens is 1. The molecular formula is C10H12ClN2O4S+. The summed E-state index contributed by atoms with van der Waals surface area (Å²) < 4.78 is 32.5. The second-order valence-electron chi connectivity index (χ2n) is 3.59. The molecule has 0 atom stereocenters. The number of benzene rings is 1. The minimum atomic E-state index is -4.19. The number of thiazole rings is 1. The van der Waals surface area contributed by atoms with Crippen LogP contribution >= 0.6 is 11.3 Å². The van der Waals surface area contributed by atoms with Gasteiger partial charge in [0.05, 0.1) is 0 Å². The first kappa shape index (κ1) is 13.2. The number of aromatic nitrogens is 2. The van der Waals surface area contributed by atoms with Crippen molar-refractivity contribution in [2.75, 3.05) is 0 Å². The maximum absolute atomic E-state index is 8.83. The number of aromatic amines is 1. The van der Waals surface area contributed by atoms with Crippen molar-refractivity contribution < 1.29 is 33.3 Å². The average molecular weight is 292 g/mol. The van der Waals surface area contributed by atoms with Gasteiger partial charge >= 0.3 is 33.8 Å². The Bertz CT molecular complexity index is 667. The predicted molar refractivity (Wildman–Crippen MR) is 60.7 cm³/mol. The molecule has 0 bridgehead atoms. The molecule has 0 spiro atoms. The van der Waals surface area contributed by atoms with Gasteiger partial charge in [-0.3, -0.25) is 0 Å². The Morgan fingerprint density at radius 3 is 2.56 bits per heavy atom. The molecule has 2 heterocycles. The molecule has 6 nitrogen and oxygen atoms in total. The van der Waals surface area contributed by atoms with Crippen LogP contribution in [0.25, 0.3) is 16.0 Å². The molecule has 18 heavy (non-hydrogen) atoms. The molecule has 0 aliphatic heterocycles. The fourth-order valence-corrected chi connectivity index (χ4v) is 2.59. The summed E-state index contributed by atoms with van der Waals surface area (Å²) in [6.07, 6.45) is 0. The second-order valence-corrected chi connectivity index (χ2v) is 5.32. The van der Waals surface area contributed by atoms with E-state index < -0.39 is 10.2 Å². The van der Waals surface area contributed by atoms with Crippen LogP contribution in [0.5, 0.6) is 0 Å². The Hall–Kier alpha value is -1.22. The van der Waals surface area contributed by atoms with Crippen molar-refractivity contribution in [3.05, 3.63) is 35.3 Å². The van der Waals surface area contributed by atoms with E-state index in [1.807, 2.05) is 0 Å². The zero-order chi connectivity index (χ0) is 13.3. The molecule has 0 saturated heterocycles. The van der Waals surface area contributed by atoms with Gasteiger partial charge in [0.25, 0.3) is 0 Å². The fraction of sp³-hybridized carbons (Fsp3) is 0.100. The Balaban J connectivity index is 0.000000209. The minimum absolute atomic E-state index is 1.21.